The van der Waals surface area contributed by atoms with E-state index in [1.807, 2.05) is 16.9 Å². The number of β-amino-alcohol motifs (C(OH)–C–C–N with tert-alkyl or cyclic N) is 1. The lowest BCUT2D eigenvalue weighted by Gasteiger charge is -2.30. The van der Waals surface area contributed by atoms with Crippen molar-refractivity contribution in [2.24, 2.45) is 0 Å². The van der Waals surface area contributed by atoms with Gasteiger partial charge in [-0.05, 0) is 30.5 Å². The van der Waals surface area contributed by atoms with Gasteiger partial charge in [0.05, 0.1) is 12.6 Å². The SMILES string of the molecule is C[C@H](Cn1cccn1)NC[C@@H](O)CN1CCc2ccccc2C1. The Morgan fingerprint density at radius 1 is 1.22 bits per heavy atom. The monoisotopic (exact) mass is 314 g/mol. The van der Waals surface area contributed by atoms with E-state index in [4.69, 9.17) is 0 Å². The molecule has 3 rings (SSSR count). The Morgan fingerprint density at radius 2 is 2.04 bits per heavy atom. The van der Waals surface area contributed by atoms with Crippen LogP contribution in [0.5, 0.6) is 0 Å². The minimum Gasteiger partial charge on any atom is -0.390 e. The molecule has 1 aromatic carbocycles. The van der Waals surface area contributed by atoms with Crippen molar-refractivity contribution in [3.05, 3.63) is 53.9 Å². The highest BCUT2D eigenvalue weighted by atomic mass is 16.3. The predicted octanol–water partition coefficient (Wildman–Crippen LogP) is 1.28. The van der Waals surface area contributed by atoms with E-state index in [9.17, 15) is 5.11 Å². The Morgan fingerprint density at radius 3 is 2.83 bits per heavy atom. The van der Waals surface area contributed by atoms with Gasteiger partial charge in [-0.3, -0.25) is 9.58 Å². The molecule has 1 aliphatic heterocycles. The summed E-state index contributed by atoms with van der Waals surface area (Å²) in [5, 5.41) is 17.9. The smallest absolute Gasteiger partial charge is 0.0791 e. The van der Waals surface area contributed by atoms with Crippen molar-refractivity contribution >= 4 is 0 Å². The molecule has 2 N–H and O–H groups in total. The number of hydrogen-bond donors (Lipinski definition) is 2. The van der Waals surface area contributed by atoms with Crippen molar-refractivity contribution in [3.63, 3.8) is 0 Å². The molecule has 2 heterocycles. The van der Waals surface area contributed by atoms with E-state index in [2.05, 4.69) is 46.5 Å². The summed E-state index contributed by atoms with van der Waals surface area (Å²) in [7, 11) is 0. The van der Waals surface area contributed by atoms with E-state index in [-0.39, 0.29) is 12.1 Å². The Labute approximate surface area is 137 Å². The second kappa shape index (κ2) is 7.73. The number of rotatable bonds is 7. The first-order chi connectivity index (χ1) is 11.2. The summed E-state index contributed by atoms with van der Waals surface area (Å²) in [5.41, 5.74) is 2.84. The molecular formula is C18H26N4O. The van der Waals surface area contributed by atoms with Gasteiger partial charge in [-0.15, -0.1) is 0 Å². The highest BCUT2D eigenvalue weighted by Gasteiger charge is 2.18. The fraction of sp³-hybridized carbons (Fsp3) is 0.500. The largest absolute Gasteiger partial charge is 0.390 e. The Bertz CT molecular complexity index is 599. The minimum atomic E-state index is -0.347. The summed E-state index contributed by atoms with van der Waals surface area (Å²) in [5.74, 6) is 0. The number of aliphatic hydroxyl groups excluding tert-OH is 1. The number of nitrogens with zero attached hydrogens (tertiary/aromatic N) is 3. The van der Waals surface area contributed by atoms with Gasteiger partial charge in [-0.1, -0.05) is 24.3 Å². The topological polar surface area (TPSA) is 53.3 Å². The summed E-state index contributed by atoms with van der Waals surface area (Å²) in [6.07, 6.45) is 4.47. The summed E-state index contributed by atoms with van der Waals surface area (Å²) >= 11 is 0. The first-order valence-electron chi connectivity index (χ1n) is 8.38. The van der Waals surface area contributed by atoms with Gasteiger partial charge in [0.2, 0.25) is 0 Å². The van der Waals surface area contributed by atoms with Gasteiger partial charge in [0.25, 0.3) is 0 Å². The van der Waals surface area contributed by atoms with Crippen molar-refractivity contribution in [2.45, 2.75) is 38.6 Å². The van der Waals surface area contributed by atoms with E-state index < -0.39 is 0 Å². The number of nitrogens with one attached hydrogen (secondary N) is 1. The average Bonchev–Trinajstić information content (AvgIpc) is 3.06. The summed E-state index contributed by atoms with van der Waals surface area (Å²) in [6.45, 7) is 6.23. The van der Waals surface area contributed by atoms with E-state index in [0.717, 1.165) is 32.6 Å². The molecule has 0 aliphatic carbocycles. The maximum absolute atomic E-state index is 10.3. The number of benzene rings is 1. The second-order valence-corrected chi connectivity index (χ2v) is 6.45. The fourth-order valence-corrected chi connectivity index (χ4v) is 3.16. The third-order valence-electron chi connectivity index (χ3n) is 4.40. The standard InChI is InChI=1S/C18H26N4O/c1-15(12-22-9-4-8-20-22)19-11-18(23)14-21-10-7-16-5-2-3-6-17(16)13-21/h2-6,8-9,15,18-19,23H,7,10-14H2,1H3/t15-,18-/m1/s1. The average molecular weight is 314 g/mol. The third-order valence-corrected chi connectivity index (χ3v) is 4.40. The molecule has 124 valence electrons. The molecule has 1 aliphatic rings. The van der Waals surface area contributed by atoms with E-state index in [1.165, 1.54) is 11.1 Å². The maximum atomic E-state index is 10.3. The van der Waals surface area contributed by atoms with Gasteiger partial charge >= 0.3 is 0 Å². The fourth-order valence-electron chi connectivity index (χ4n) is 3.16. The molecular weight excluding hydrogens is 288 g/mol. The maximum Gasteiger partial charge on any atom is 0.0791 e. The Kier molecular flexibility index (Phi) is 5.43. The predicted molar refractivity (Wildman–Crippen MR) is 91.1 cm³/mol. The van der Waals surface area contributed by atoms with E-state index in [0.29, 0.717) is 6.54 Å². The Balaban J connectivity index is 1.40. The van der Waals surface area contributed by atoms with Crippen LogP contribution in [0.25, 0.3) is 0 Å². The van der Waals surface area contributed by atoms with Crippen molar-refractivity contribution in [2.75, 3.05) is 19.6 Å². The first-order valence-corrected chi connectivity index (χ1v) is 8.38. The quantitative estimate of drug-likeness (QED) is 0.808. The van der Waals surface area contributed by atoms with Gasteiger partial charge in [-0.25, -0.2) is 0 Å². The highest BCUT2D eigenvalue weighted by molar-refractivity contribution is 5.29. The first kappa shape index (κ1) is 16.2. The zero-order chi connectivity index (χ0) is 16.1. The minimum absolute atomic E-state index is 0.284. The number of aromatic nitrogens is 2. The summed E-state index contributed by atoms with van der Waals surface area (Å²) < 4.78 is 1.91. The lowest BCUT2D eigenvalue weighted by molar-refractivity contribution is 0.102. The van der Waals surface area contributed by atoms with Crippen LogP contribution in [0.1, 0.15) is 18.1 Å². The molecule has 0 bridgehead atoms. The zero-order valence-electron chi connectivity index (χ0n) is 13.7. The summed E-state index contributed by atoms with van der Waals surface area (Å²) in [4.78, 5) is 2.34. The molecule has 0 amide bonds. The molecule has 2 aromatic rings. The van der Waals surface area contributed by atoms with Crippen LogP contribution in [0.15, 0.2) is 42.7 Å². The van der Waals surface area contributed by atoms with E-state index >= 15 is 0 Å². The van der Waals surface area contributed by atoms with Gasteiger partial charge in [0, 0.05) is 44.6 Å². The van der Waals surface area contributed by atoms with Gasteiger partial charge in [-0.2, -0.15) is 5.10 Å². The molecule has 23 heavy (non-hydrogen) atoms. The molecule has 5 heteroatoms. The molecule has 5 nitrogen and oxygen atoms in total. The number of fused-ring (bicyclic) bond motifs is 1. The van der Waals surface area contributed by atoms with Crippen LogP contribution < -0.4 is 5.32 Å². The van der Waals surface area contributed by atoms with Crippen LogP contribution in [-0.2, 0) is 19.5 Å². The van der Waals surface area contributed by atoms with Crippen LogP contribution in [0.3, 0.4) is 0 Å². The van der Waals surface area contributed by atoms with Gasteiger partial charge in [0.15, 0.2) is 0 Å². The lowest BCUT2D eigenvalue weighted by atomic mass is 10.00. The van der Waals surface area contributed by atoms with Crippen LogP contribution in [0.2, 0.25) is 0 Å². The van der Waals surface area contributed by atoms with Crippen LogP contribution in [0.4, 0.5) is 0 Å². The molecule has 2 atom stereocenters. The normalized spacial score (nSPS) is 17.7. The molecule has 0 saturated carbocycles. The third kappa shape index (κ3) is 4.64. The van der Waals surface area contributed by atoms with Crippen molar-refractivity contribution in [1.82, 2.24) is 20.0 Å². The van der Waals surface area contributed by atoms with E-state index in [1.54, 1.807) is 6.20 Å². The zero-order valence-corrected chi connectivity index (χ0v) is 13.7. The second-order valence-electron chi connectivity index (χ2n) is 6.45. The lowest BCUT2D eigenvalue weighted by Crippen LogP contribution is -2.43. The van der Waals surface area contributed by atoms with Crippen molar-refractivity contribution < 1.29 is 5.11 Å². The van der Waals surface area contributed by atoms with Gasteiger partial charge in [0.1, 0.15) is 0 Å². The summed E-state index contributed by atoms with van der Waals surface area (Å²) in [6, 6.07) is 10.8. The molecule has 0 spiro atoms. The van der Waals surface area contributed by atoms with Crippen LogP contribution >= 0.6 is 0 Å². The molecule has 1 aromatic heterocycles. The molecule has 0 radical (unpaired) electrons. The van der Waals surface area contributed by atoms with Crippen molar-refractivity contribution in [1.29, 1.82) is 0 Å². The molecule has 0 unspecified atom stereocenters. The Hall–Kier alpha value is -1.69. The number of aliphatic hydroxyl groups is 1. The van der Waals surface area contributed by atoms with Gasteiger partial charge < -0.3 is 10.4 Å². The van der Waals surface area contributed by atoms with Crippen LogP contribution in [0, 0.1) is 0 Å². The number of hydrogen-bond acceptors (Lipinski definition) is 4. The highest BCUT2D eigenvalue weighted by Crippen LogP contribution is 2.18. The van der Waals surface area contributed by atoms with Crippen LogP contribution in [-0.4, -0.2) is 51.6 Å². The van der Waals surface area contributed by atoms with Crippen molar-refractivity contribution in [3.8, 4) is 0 Å². The molecule has 0 fully saturated rings. The molecule has 0 saturated heterocycles.